The van der Waals surface area contributed by atoms with Gasteiger partial charge in [0.1, 0.15) is 5.82 Å². The lowest BCUT2D eigenvalue weighted by molar-refractivity contribution is -0.170. The van der Waals surface area contributed by atoms with E-state index in [1.807, 2.05) is 0 Å². The number of hydrogen-bond donors (Lipinski definition) is 0. The van der Waals surface area contributed by atoms with E-state index in [0.717, 1.165) is 51.0 Å². The molecule has 2 bridgehead atoms. The average molecular weight is 554 g/mol. The van der Waals surface area contributed by atoms with Gasteiger partial charge in [-0.1, -0.05) is 29.8 Å². The van der Waals surface area contributed by atoms with Crippen LogP contribution in [0.4, 0.5) is 26.3 Å². The van der Waals surface area contributed by atoms with E-state index in [0.29, 0.717) is 24.5 Å². The Bertz CT molecular complexity index is 1340. The first kappa shape index (κ1) is 26.3. The smallest absolute Gasteiger partial charge is 0.339 e. The predicted molar refractivity (Wildman–Crippen MR) is 127 cm³/mol. The van der Waals surface area contributed by atoms with Crippen LogP contribution in [0.15, 0.2) is 28.8 Å². The maximum atomic E-state index is 13.6. The highest BCUT2D eigenvalue weighted by atomic mass is 19.4. The molecular weight excluding hydrogens is 524 g/mol. The lowest BCUT2D eigenvalue weighted by Gasteiger charge is -2.51. The fourth-order valence-corrected chi connectivity index (χ4v) is 7.19. The minimum atomic E-state index is -4.51. The molecule has 1 aromatic carbocycles. The summed E-state index contributed by atoms with van der Waals surface area (Å²) in [6.07, 6.45) is -3.23. The number of nitrogens with zero attached hydrogens (tertiary/aromatic N) is 5. The zero-order valence-electron chi connectivity index (χ0n) is 21.5. The summed E-state index contributed by atoms with van der Waals surface area (Å²) in [7, 11) is 1.71. The molecule has 6 nitrogen and oxygen atoms in total. The largest absolute Gasteiger partial charge is 0.417 e. The normalized spacial score (nSPS) is 26.5. The van der Waals surface area contributed by atoms with Gasteiger partial charge >= 0.3 is 12.4 Å². The van der Waals surface area contributed by atoms with Gasteiger partial charge in [-0.15, -0.1) is 10.2 Å². The molecule has 3 aromatic rings. The molecule has 39 heavy (non-hydrogen) atoms. The van der Waals surface area contributed by atoms with Crippen LogP contribution in [0.25, 0.3) is 11.4 Å². The van der Waals surface area contributed by atoms with Crippen molar-refractivity contribution < 1.29 is 30.9 Å². The van der Waals surface area contributed by atoms with E-state index in [1.54, 1.807) is 17.7 Å². The molecule has 0 radical (unpaired) electrons. The molecule has 0 spiro atoms. The Morgan fingerprint density at radius 3 is 2.10 bits per heavy atom. The van der Waals surface area contributed by atoms with Crippen molar-refractivity contribution in [3.63, 3.8) is 0 Å². The number of benzene rings is 1. The van der Waals surface area contributed by atoms with Crippen molar-refractivity contribution >= 4 is 0 Å². The van der Waals surface area contributed by atoms with Gasteiger partial charge in [0.05, 0.1) is 5.56 Å². The molecular formula is C27H29F6N5O. The maximum absolute atomic E-state index is 13.6. The Balaban J connectivity index is 1.20. The van der Waals surface area contributed by atoms with E-state index in [9.17, 15) is 26.3 Å². The molecule has 2 aromatic heterocycles. The molecule has 2 heterocycles. The Hall–Kier alpha value is -2.92. The molecule has 7 rings (SSSR count). The zero-order valence-corrected chi connectivity index (χ0v) is 21.5. The zero-order chi connectivity index (χ0) is 27.7. The first-order valence-corrected chi connectivity index (χ1v) is 13.3. The SMILES string of the molecule is Cn1c(-c2ccccc2C(F)(F)F)nnc1C12CCC(c3noc(CC4(CC(F)(F)F)CCC4)n3)(CC1)CC2. The van der Waals surface area contributed by atoms with E-state index in [2.05, 4.69) is 20.3 Å². The van der Waals surface area contributed by atoms with Gasteiger partial charge in [0.2, 0.25) is 5.89 Å². The van der Waals surface area contributed by atoms with E-state index < -0.39 is 29.8 Å². The van der Waals surface area contributed by atoms with Crippen molar-refractivity contribution in [1.29, 1.82) is 0 Å². The van der Waals surface area contributed by atoms with E-state index in [4.69, 9.17) is 4.52 Å². The molecule has 4 fully saturated rings. The quantitative estimate of drug-likeness (QED) is 0.305. The third-order valence-electron chi connectivity index (χ3n) is 9.53. The first-order valence-electron chi connectivity index (χ1n) is 13.3. The molecule has 4 aliphatic carbocycles. The molecule has 4 saturated carbocycles. The average Bonchev–Trinajstić information content (AvgIpc) is 3.50. The van der Waals surface area contributed by atoms with E-state index in [1.165, 1.54) is 12.1 Å². The van der Waals surface area contributed by atoms with Crippen LogP contribution >= 0.6 is 0 Å². The third kappa shape index (κ3) is 4.53. The first-order chi connectivity index (χ1) is 18.3. The highest BCUT2D eigenvalue weighted by molar-refractivity contribution is 5.61. The van der Waals surface area contributed by atoms with Crippen molar-refractivity contribution in [2.75, 3.05) is 0 Å². The van der Waals surface area contributed by atoms with E-state index >= 15 is 0 Å². The van der Waals surface area contributed by atoms with Crippen LogP contribution in [0.2, 0.25) is 0 Å². The van der Waals surface area contributed by atoms with Crippen LogP contribution in [0, 0.1) is 5.41 Å². The van der Waals surface area contributed by atoms with Gasteiger partial charge in [0.25, 0.3) is 0 Å². The minimum Gasteiger partial charge on any atom is -0.339 e. The Labute approximate surface area is 221 Å². The summed E-state index contributed by atoms with van der Waals surface area (Å²) in [6.45, 7) is 0. The summed E-state index contributed by atoms with van der Waals surface area (Å²) in [6, 6.07) is 5.38. The Kier molecular flexibility index (Phi) is 5.93. The van der Waals surface area contributed by atoms with Crippen LogP contribution in [0.5, 0.6) is 0 Å². The number of alkyl halides is 6. The standard InChI is InChI=1S/C27H29F6N5O/c1-38-20(17-5-2-3-6-18(17)27(31,32)33)35-36-22(38)25-12-9-24(10-13-25,11-14-25)21-34-19(39-37-21)15-23(7-4-8-23)16-26(28,29)30/h2-3,5-6H,4,7-16H2,1H3. The van der Waals surface area contributed by atoms with Crippen molar-refractivity contribution in [2.24, 2.45) is 12.5 Å². The van der Waals surface area contributed by atoms with Crippen molar-refractivity contribution in [3.8, 4) is 11.4 Å². The number of hydrogen-bond acceptors (Lipinski definition) is 5. The van der Waals surface area contributed by atoms with Crippen LogP contribution in [0.3, 0.4) is 0 Å². The summed E-state index contributed by atoms with van der Waals surface area (Å²) in [5.41, 5.74) is -2.23. The second kappa shape index (κ2) is 8.79. The summed E-state index contributed by atoms with van der Waals surface area (Å²) in [5.74, 6) is 1.69. The number of aromatic nitrogens is 5. The molecule has 0 aliphatic heterocycles. The summed E-state index contributed by atoms with van der Waals surface area (Å²) < 4.78 is 87.5. The second-order valence-corrected chi connectivity index (χ2v) is 11.8. The molecule has 12 heteroatoms. The molecule has 4 aliphatic rings. The van der Waals surface area contributed by atoms with Crippen LogP contribution in [-0.2, 0) is 30.5 Å². The molecule has 210 valence electrons. The lowest BCUT2D eigenvalue weighted by Crippen LogP contribution is -2.48. The van der Waals surface area contributed by atoms with Gasteiger partial charge < -0.3 is 9.09 Å². The van der Waals surface area contributed by atoms with Gasteiger partial charge in [-0.3, -0.25) is 0 Å². The van der Waals surface area contributed by atoms with Crippen molar-refractivity contribution in [1.82, 2.24) is 24.9 Å². The number of halogens is 6. The van der Waals surface area contributed by atoms with Crippen LogP contribution in [-0.4, -0.2) is 31.1 Å². The predicted octanol–water partition coefficient (Wildman–Crippen LogP) is 7.09. The molecule has 0 unspecified atom stereocenters. The van der Waals surface area contributed by atoms with Crippen LogP contribution < -0.4 is 0 Å². The molecule has 0 saturated heterocycles. The summed E-state index contributed by atoms with van der Waals surface area (Å²) in [5, 5.41) is 12.8. The monoisotopic (exact) mass is 553 g/mol. The Morgan fingerprint density at radius 2 is 1.51 bits per heavy atom. The number of fused-ring (bicyclic) bond motifs is 3. The lowest BCUT2D eigenvalue weighted by atomic mass is 9.53. The topological polar surface area (TPSA) is 69.6 Å². The highest BCUT2D eigenvalue weighted by Crippen LogP contribution is 2.58. The van der Waals surface area contributed by atoms with E-state index in [-0.39, 0.29) is 34.5 Å². The number of rotatable bonds is 6. The van der Waals surface area contributed by atoms with Gasteiger partial charge in [-0.25, -0.2) is 0 Å². The highest BCUT2D eigenvalue weighted by Gasteiger charge is 2.54. The second-order valence-electron chi connectivity index (χ2n) is 11.8. The third-order valence-corrected chi connectivity index (χ3v) is 9.53. The summed E-state index contributed by atoms with van der Waals surface area (Å²) in [4.78, 5) is 4.60. The molecule has 0 N–H and O–H groups in total. The Morgan fingerprint density at radius 1 is 0.872 bits per heavy atom. The molecule has 0 amide bonds. The van der Waals surface area contributed by atoms with Crippen molar-refractivity contribution in [3.05, 3.63) is 47.4 Å². The van der Waals surface area contributed by atoms with Crippen molar-refractivity contribution in [2.45, 2.75) is 93.8 Å². The fourth-order valence-electron chi connectivity index (χ4n) is 7.19. The maximum Gasteiger partial charge on any atom is 0.417 e. The van der Waals surface area contributed by atoms with Crippen LogP contribution in [0.1, 0.15) is 87.3 Å². The van der Waals surface area contributed by atoms with Gasteiger partial charge in [0.15, 0.2) is 11.6 Å². The van der Waals surface area contributed by atoms with Gasteiger partial charge in [-0.05, 0) is 62.8 Å². The minimum absolute atomic E-state index is 0.00213. The molecule has 0 atom stereocenters. The fraction of sp³-hybridized carbons (Fsp3) is 0.630. The van der Waals surface area contributed by atoms with Gasteiger partial charge in [0, 0.05) is 36.3 Å². The summed E-state index contributed by atoms with van der Waals surface area (Å²) >= 11 is 0. The van der Waals surface area contributed by atoms with Gasteiger partial charge in [-0.2, -0.15) is 31.3 Å².